The van der Waals surface area contributed by atoms with Gasteiger partial charge in [-0.25, -0.2) is 9.37 Å². The topological polar surface area (TPSA) is 42.3 Å². The molecule has 2 heterocycles. The average molecular weight is 304 g/mol. The summed E-state index contributed by atoms with van der Waals surface area (Å²) >= 11 is 0. The van der Waals surface area contributed by atoms with Crippen molar-refractivity contribution in [2.24, 2.45) is 7.05 Å². The smallest absolute Gasteiger partial charge is 0.165 e. The number of methoxy groups -OCH3 is 1. The maximum atomic E-state index is 13.9. The van der Waals surface area contributed by atoms with Crippen LogP contribution in [-0.4, -0.2) is 41.2 Å². The number of aromatic nitrogens is 2. The SMILES string of the molecule is COc1ccc(CN2CCNCC2c2nccn2C)cc1F. The van der Waals surface area contributed by atoms with Crippen molar-refractivity contribution in [3.05, 3.63) is 47.8 Å². The zero-order chi connectivity index (χ0) is 15.5. The number of rotatable bonds is 4. The Morgan fingerprint density at radius 3 is 3.00 bits per heavy atom. The minimum atomic E-state index is -0.316. The number of piperazine rings is 1. The second kappa shape index (κ2) is 6.46. The van der Waals surface area contributed by atoms with E-state index in [0.29, 0.717) is 6.54 Å². The number of hydrogen-bond acceptors (Lipinski definition) is 4. The van der Waals surface area contributed by atoms with Crippen molar-refractivity contribution < 1.29 is 9.13 Å². The molecule has 0 spiro atoms. The summed E-state index contributed by atoms with van der Waals surface area (Å²) in [6.45, 7) is 3.38. The van der Waals surface area contributed by atoms with E-state index in [1.54, 1.807) is 12.1 Å². The van der Waals surface area contributed by atoms with E-state index in [2.05, 4.69) is 15.2 Å². The summed E-state index contributed by atoms with van der Waals surface area (Å²) < 4.78 is 20.9. The Labute approximate surface area is 129 Å². The summed E-state index contributed by atoms with van der Waals surface area (Å²) in [5.41, 5.74) is 0.944. The van der Waals surface area contributed by atoms with Crippen LogP contribution in [-0.2, 0) is 13.6 Å². The molecule has 0 bridgehead atoms. The molecule has 5 nitrogen and oxygen atoms in total. The number of nitrogens with zero attached hydrogens (tertiary/aromatic N) is 3. The van der Waals surface area contributed by atoms with Gasteiger partial charge in [0.25, 0.3) is 0 Å². The minimum absolute atomic E-state index is 0.193. The van der Waals surface area contributed by atoms with Crippen molar-refractivity contribution in [1.29, 1.82) is 0 Å². The molecule has 1 aliphatic heterocycles. The van der Waals surface area contributed by atoms with Crippen LogP contribution in [0, 0.1) is 5.82 Å². The number of aryl methyl sites for hydroxylation is 1. The molecule has 3 rings (SSSR count). The molecule has 22 heavy (non-hydrogen) atoms. The van der Waals surface area contributed by atoms with E-state index in [4.69, 9.17) is 4.74 Å². The molecule has 118 valence electrons. The van der Waals surface area contributed by atoms with Gasteiger partial charge in [-0.15, -0.1) is 0 Å². The third kappa shape index (κ3) is 2.98. The van der Waals surface area contributed by atoms with Crippen LogP contribution in [0.3, 0.4) is 0 Å². The summed E-state index contributed by atoms with van der Waals surface area (Å²) in [5, 5.41) is 3.41. The van der Waals surface area contributed by atoms with Crippen LogP contribution >= 0.6 is 0 Å². The predicted octanol–water partition coefficient (Wildman–Crippen LogP) is 1.71. The van der Waals surface area contributed by atoms with Gasteiger partial charge in [0.1, 0.15) is 5.82 Å². The first kappa shape index (κ1) is 15.0. The number of imidazole rings is 1. The van der Waals surface area contributed by atoms with E-state index in [0.717, 1.165) is 31.0 Å². The number of halogens is 1. The lowest BCUT2D eigenvalue weighted by molar-refractivity contribution is 0.144. The van der Waals surface area contributed by atoms with Gasteiger partial charge in [0.15, 0.2) is 11.6 Å². The molecule has 0 amide bonds. The third-order valence-corrected chi connectivity index (χ3v) is 4.11. The second-order valence-corrected chi connectivity index (χ2v) is 5.56. The molecule has 2 aromatic rings. The minimum Gasteiger partial charge on any atom is -0.494 e. The monoisotopic (exact) mass is 304 g/mol. The first-order chi connectivity index (χ1) is 10.7. The molecule has 1 aromatic carbocycles. The van der Waals surface area contributed by atoms with E-state index < -0.39 is 0 Å². The van der Waals surface area contributed by atoms with E-state index >= 15 is 0 Å². The Kier molecular flexibility index (Phi) is 4.40. The van der Waals surface area contributed by atoms with Gasteiger partial charge in [0, 0.05) is 45.6 Å². The predicted molar refractivity (Wildman–Crippen MR) is 82.2 cm³/mol. The summed E-state index contributed by atoms with van der Waals surface area (Å²) in [4.78, 5) is 6.80. The van der Waals surface area contributed by atoms with E-state index in [1.165, 1.54) is 7.11 Å². The molecule has 1 fully saturated rings. The van der Waals surface area contributed by atoms with Gasteiger partial charge in [0.05, 0.1) is 13.2 Å². The molecule has 1 unspecified atom stereocenters. The average Bonchev–Trinajstić information content (AvgIpc) is 2.94. The molecule has 1 N–H and O–H groups in total. The highest BCUT2D eigenvalue weighted by molar-refractivity contribution is 5.29. The molecule has 1 aliphatic rings. The number of ether oxygens (including phenoxy) is 1. The van der Waals surface area contributed by atoms with Crippen molar-refractivity contribution in [3.63, 3.8) is 0 Å². The third-order valence-electron chi connectivity index (χ3n) is 4.11. The van der Waals surface area contributed by atoms with Crippen molar-refractivity contribution in [1.82, 2.24) is 19.8 Å². The molecular weight excluding hydrogens is 283 g/mol. The van der Waals surface area contributed by atoms with Gasteiger partial charge in [0.2, 0.25) is 0 Å². The van der Waals surface area contributed by atoms with Gasteiger partial charge in [-0.2, -0.15) is 0 Å². The van der Waals surface area contributed by atoms with Gasteiger partial charge >= 0.3 is 0 Å². The van der Waals surface area contributed by atoms with Gasteiger partial charge in [-0.05, 0) is 17.7 Å². The van der Waals surface area contributed by atoms with Crippen LogP contribution in [0.1, 0.15) is 17.4 Å². The normalized spacial score (nSPS) is 19.3. The lowest BCUT2D eigenvalue weighted by Gasteiger charge is -2.35. The van der Waals surface area contributed by atoms with Crippen LogP contribution in [0.2, 0.25) is 0 Å². The van der Waals surface area contributed by atoms with Gasteiger partial charge in [-0.3, -0.25) is 4.90 Å². The highest BCUT2D eigenvalue weighted by atomic mass is 19.1. The Morgan fingerprint density at radius 1 is 1.45 bits per heavy atom. The van der Waals surface area contributed by atoms with E-state index in [1.807, 2.05) is 30.1 Å². The number of benzene rings is 1. The molecule has 0 radical (unpaired) electrons. The van der Waals surface area contributed by atoms with Crippen molar-refractivity contribution in [2.45, 2.75) is 12.6 Å². The Bertz CT molecular complexity index is 643. The zero-order valence-corrected chi connectivity index (χ0v) is 12.9. The number of hydrogen-bond donors (Lipinski definition) is 1. The van der Waals surface area contributed by atoms with E-state index in [9.17, 15) is 4.39 Å². The van der Waals surface area contributed by atoms with Crippen LogP contribution in [0.15, 0.2) is 30.6 Å². The standard InChI is InChI=1S/C16H21FN4O/c1-20-7-6-19-16(20)14-10-18-5-8-21(14)11-12-3-4-15(22-2)13(17)9-12/h3-4,6-7,9,14,18H,5,8,10-11H2,1-2H3. The highest BCUT2D eigenvalue weighted by Gasteiger charge is 2.26. The lowest BCUT2D eigenvalue weighted by atomic mass is 10.1. The van der Waals surface area contributed by atoms with Crippen LogP contribution in [0.5, 0.6) is 5.75 Å². The fourth-order valence-electron chi connectivity index (χ4n) is 2.93. The maximum absolute atomic E-state index is 13.9. The fourth-order valence-corrected chi connectivity index (χ4v) is 2.93. The maximum Gasteiger partial charge on any atom is 0.165 e. The quantitative estimate of drug-likeness (QED) is 0.934. The fraction of sp³-hybridized carbons (Fsp3) is 0.438. The molecule has 1 saturated heterocycles. The largest absolute Gasteiger partial charge is 0.494 e. The molecule has 0 saturated carbocycles. The van der Waals surface area contributed by atoms with Gasteiger partial charge < -0.3 is 14.6 Å². The molecule has 1 aromatic heterocycles. The Balaban J connectivity index is 1.80. The molecule has 6 heteroatoms. The summed E-state index contributed by atoms with van der Waals surface area (Å²) in [6.07, 6.45) is 3.77. The Morgan fingerprint density at radius 2 is 2.32 bits per heavy atom. The summed E-state index contributed by atoms with van der Waals surface area (Å²) in [6, 6.07) is 5.34. The molecule has 1 atom stereocenters. The first-order valence-corrected chi connectivity index (χ1v) is 7.43. The number of nitrogens with one attached hydrogen (secondary N) is 1. The van der Waals surface area contributed by atoms with Crippen LogP contribution < -0.4 is 10.1 Å². The second-order valence-electron chi connectivity index (χ2n) is 5.56. The summed E-state index contributed by atoms with van der Waals surface area (Å²) in [5.74, 6) is 0.995. The van der Waals surface area contributed by atoms with Crippen LogP contribution in [0.25, 0.3) is 0 Å². The first-order valence-electron chi connectivity index (χ1n) is 7.43. The summed E-state index contributed by atoms with van der Waals surface area (Å²) in [7, 11) is 3.48. The van der Waals surface area contributed by atoms with E-state index in [-0.39, 0.29) is 17.6 Å². The highest BCUT2D eigenvalue weighted by Crippen LogP contribution is 2.24. The van der Waals surface area contributed by atoms with Crippen molar-refractivity contribution >= 4 is 0 Å². The lowest BCUT2D eigenvalue weighted by Crippen LogP contribution is -2.46. The molecule has 0 aliphatic carbocycles. The van der Waals surface area contributed by atoms with Crippen molar-refractivity contribution in [3.8, 4) is 5.75 Å². The Hall–Kier alpha value is -1.92. The van der Waals surface area contributed by atoms with Crippen molar-refractivity contribution in [2.75, 3.05) is 26.7 Å². The molecular formula is C16H21FN4O. The zero-order valence-electron chi connectivity index (χ0n) is 12.9. The van der Waals surface area contributed by atoms with Gasteiger partial charge in [-0.1, -0.05) is 6.07 Å². The van der Waals surface area contributed by atoms with Crippen LogP contribution in [0.4, 0.5) is 4.39 Å².